The zero-order valence-electron chi connectivity index (χ0n) is 19.0. The highest BCUT2D eigenvalue weighted by atomic mass is 32.2. The molecule has 32 heavy (non-hydrogen) atoms. The third-order valence-electron chi connectivity index (χ3n) is 6.28. The van der Waals surface area contributed by atoms with Crippen molar-refractivity contribution in [3.8, 4) is 5.75 Å². The number of fused-ring (bicyclic) bond motifs is 1. The van der Waals surface area contributed by atoms with Gasteiger partial charge in [0.05, 0.1) is 12.0 Å². The Morgan fingerprint density at radius 3 is 2.50 bits per heavy atom. The molecule has 2 atom stereocenters. The molecule has 1 saturated heterocycles. The first-order chi connectivity index (χ1) is 15.1. The monoisotopic (exact) mass is 461 g/mol. The summed E-state index contributed by atoms with van der Waals surface area (Å²) in [5.74, 6) is -1.49. The molecule has 0 radical (unpaired) electrons. The summed E-state index contributed by atoms with van der Waals surface area (Å²) in [7, 11) is -0.975. The molecule has 0 aliphatic carbocycles. The molecule has 2 N–H and O–H groups in total. The van der Waals surface area contributed by atoms with Gasteiger partial charge in [0, 0.05) is 26.4 Å². The molecule has 0 bridgehead atoms. The molecular weight excluding hydrogens is 430 g/mol. The van der Waals surface area contributed by atoms with Crippen LogP contribution in [0.25, 0.3) is 10.8 Å². The molecule has 2 aromatic carbocycles. The summed E-state index contributed by atoms with van der Waals surface area (Å²) in [6.45, 7) is 3.83. The predicted molar refractivity (Wildman–Crippen MR) is 123 cm³/mol. The van der Waals surface area contributed by atoms with Gasteiger partial charge in [0.25, 0.3) is 0 Å². The molecule has 2 unspecified atom stereocenters. The number of hydrogen-bond donors (Lipinski definition) is 1. The zero-order chi connectivity index (χ0) is 23.7. The van der Waals surface area contributed by atoms with Crippen molar-refractivity contribution >= 4 is 32.4 Å². The molecular formula is C23H31N3O5S. The fourth-order valence-corrected chi connectivity index (χ4v) is 6.05. The first-order valence-electron chi connectivity index (χ1n) is 10.8. The summed E-state index contributed by atoms with van der Waals surface area (Å²) in [6.07, 6.45) is 1.39. The lowest BCUT2D eigenvalue weighted by Gasteiger charge is -2.43. The lowest BCUT2D eigenvalue weighted by atomic mass is 10.1. The number of benzene rings is 2. The van der Waals surface area contributed by atoms with Crippen LogP contribution in [0.3, 0.4) is 0 Å². The fraction of sp³-hybridized carbons (Fsp3) is 0.478. The number of amides is 2. The maximum Gasteiger partial charge on any atom is 0.243 e. The summed E-state index contributed by atoms with van der Waals surface area (Å²) < 4.78 is 32.2. The minimum atomic E-state index is -4.00. The van der Waals surface area contributed by atoms with Crippen LogP contribution in [0, 0.1) is 0 Å². The normalized spacial score (nSPS) is 19.7. The van der Waals surface area contributed by atoms with E-state index < -0.39 is 26.8 Å². The van der Waals surface area contributed by atoms with E-state index in [0.717, 1.165) is 5.39 Å². The SMILES string of the molecule is CCC(=O)N1CCCC1(N)N(C)C(=O)C(CC)S(=O)(=O)c1ccc2ccc(OC)cc2c1. The quantitative estimate of drug-likeness (QED) is 0.635. The smallest absolute Gasteiger partial charge is 0.243 e. The van der Waals surface area contributed by atoms with E-state index in [9.17, 15) is 18.0 Å². The molecule has 3 rings (SSSR count). The third-order valence-corrected chi connectivity index (χ3v) is 8.47. The highest BCUT2D eigenvalue weighted by Crippen LogP contribution is 2.31. The maximum absolute atomic E-state index is 13.5. The van der Waals surface area contributed by atoms with Crippen molar-refractivity contribution in [1.29, 1.82) is 0 Å². The molecule has 0 spiro atoms. The van der Waals surface area contributed by atoms with Gasteiger partial charge in [0.1, 0.15) is 11.0 Å². The molecule has 9 heteroatoms. The summed E-state index contributed by atoms with van der Waals surface area (Å²) in [6, 6.07) is 10.2. The van der Waals surface area contributed by atoms with Gasteiger partial charge in [0.2, 0.25) is 11.8 Å². The number of likely N-dealkylation sites (tertiary alicyclic amines) is 1. The average molecular weight is 462 g/mol. The summed E-state index contributed by atoms with van der Waals surface area (Å²) in [5, 5.41) is 0.254. The first kappa shape index (κ1) is 24.0. The number of nitrogens with zero attached hydrogens (tertiary/aromatic N) is 2. The molecule has 1 fully saturated rings. The van der Waals surface area contributed by atoms with E-state index in [-0.39, 0.29) is 23.6 Å². The molecule has 174 valence electrons. The molecule has 1 aliphatic rings. The third kappa shape index (κ3) is 4.06. The lowest BCUT2D eigenvalue weighted by Crippen LogP contribution is -2.67. The van der Waals surface area contributed by atoms with Gasteiger partial charge < -0.3 is 14.5 Å². The Labute approximate surface area is 189 Å². The number of methoxy groups -OCH3 is 1. The van der Waals surface area contributed by atoms with Gasteiger partial charge >= 0.3 is 0 Å². The summed E-state index contributed by atoms with van der Waals surface area (Å²) in [4.78, 5) is 28.6. The molecule has 8 nitrogen and oxygen atoms in total. The summed E-state index contributed by atoms with van der Waals surface area (Å²) >= 11 is 0. The highest BCUT2D eigenvalue weighted by molar-refractivity contribution is 7.92. The number of ether oxygens (including phenoxy) is 1. The Morgan fingerprint density at radius 2 is 1.88 bits per heavy atom. The second-order valence-corrected chi connectivity index (χ2v) is 10.2. The van der Waals surface area contributed by atoms with Crippen LogP contribution in [0.15, 0.2) is 41.3 Å². The van der Waals surface area contributed by atoms with E-state index in [2.05, 4.69) is 0 Å². The Morgan fingerprint density at radius 1 is 1.19 bits per heavy atom. The van der Waals surface area contributed by atoms with Crippen molar-refractivity contribution in [1.82, 2.24) is 9.80 Å². The lowest BCUT2D eigenvalue weighted by molar-refractivity contribution is -0.151. The number of sulfone groups is 1. The van der Waals surface area contributed by atoms with Crippen LogP contribution in [0.5, 0.6) is 5.75 Å². The number of hydrogen-bond acceptors (Lipinski definition) is 6. The Balaban J connectivity index is 1.96. The van der Waals surface area contributed by atoms with Gasteiger partial charge in [-0.05, 0) is 47.9 Å². The minimum absolute atomic E-state index is 0.0610. The van der Waals surface area contributed by atoms with E-state index in [1.807, 2.05) is 6.07 Å². The van der Waals surface area contributed by atoms with Gasteiger partial charge in [0.15, 0.2) is 15.6 Å². The van der Waals surface area contributed by atoms with Crippen LogP contribution < -0.4 is 10.5 Å². The van der Waals surface area contributed by atoms with Gasteiger partial charge in [-0.1, -0.05) is 26.0 Å². The number of rotatable bonds is 7. The predicted octanol–water partition coefficient (Wildman–Crippen LogP) is 2.50. The topological polar surface area (TPSA) is 110 Å². The van der Waals surface area contributed by atoms with E-state index in [1.54, 1.807) is 45.2 Å². The standard InChI is InChI=1S/C23H31N3O5S/c1-5-20(22(28)25(3)23(24)12-7-13-26(23)21(27)6-2)32(29,30)19-11-9-16-8-10-18(31-4)14-17(16)15-19/h8-11,14-15,20H,5-7,12-13,24H2,1-4H3. The summed E-state index contributed by atoms with van der Waals surface area (Å²) in [5.41, 5.74) is 6.51. The first-order valence-corrected chi connectivity index (χ1v) is 12.3. The van der Waals surface area contributed by atoms with Gasteiger partial charge in [-0.15, -0.1) is 0 Å². The van der Waals surface area contributed by atoms with Crippen molar-refractivity contribution in [3.63, 3.8) is 0 Å². The van der Waals surface area contributed by atoms with Crippen LogP contribution in [0.4, 0.5) is 0 Å². The largest absolute Gasteiger partial charge is 0.497 e. The number of carbonyl (C=O) groups is 2. The zero-order valence-corrected chi connectivity index (χ0v) is 19.8. The van der Waals surface area contributed by atoms with Crippen LogP contribution in [-0.2, 0) is 19.4 Å². The highest BCUT2D eigenvalue weighted by Gasteiger charge is 2.48. The molecule has 1 heterocycles. The van der Waals surface area contributed by atoms with Crippen molar-refractivity contribution in [2.24, 2.45) is 5.73 Å². The van der Waals surface area contributed by atoms with Crippen molar-refractivity contribution < 1.29 is 22.7 Å². The number of nitrogens with two attached hydrogens (primary N) is 1. The molecule has 1 aliphatic heterocycles. The van der Waals surface area contributed by atoms with Crippen molar-refractivity contribution in [2.75, 3.05) is 20.7 Å². The molecule has 2 amide bonds. The van der Waals surface area contributed by atoms with E-state index in [1.165, 1.54) is 22.9 Å². The Hall–Kier alpha value is -2.65. The van der Waals surface area contributed by atoms with Crippen LogP contribution in [-0.4, -0.2) is 61.8 Å². The van der Waals surface area contributed by atoms with E-state index in [0.29, 0.717) is 30.5 Å². The Bertz CT molecular complexity index is 1130. The second kappa shape index (κ2) is 9.07. The van der Waals surface area contributed by atoms with Crippen LogP contribution in [0.1, 0.15) is 39.5 Å². The van der Waals surface area contributed by atoms with Gasteiger partial charge in [-0.2, -0.15) is 0 Å². The van der Waals surface area contributed by atoms with Crippen molar-refractivity contribution in [2.45, 2.75) is 55.5 Å². The molecule has 0 saturated carbocycles. The Kier molecular flexibility index (Phi) is 6.80. The second-order valence-electron chi connectivity index (χ2n) is 8.10. The van der Waals surface area contributed by atoms with Crippen LogP contribution >= 0.6 is 0 Å². The number of carbonyl (C=O) groups excluding carboxylic acids is 2. The molecule has 0 aromatic heterocycles. The van der Waals surface area contributed by atoms with Gasteiger partial charge in [-0.25, -0.2) is 8.42 Å². The average Bonchev–Trinajstić information content (AvgIpc) is 3.19. The van der Waals surface area contributed by atoms with Crippen molar-refractivity contribution in [3.05, 3.63) is 36.4 Å². The minimum Gasteiger partial charge on any atom is -0.497 e. The van der Waals surface area contributed by atoms with E-state index in [4.69, 9.17) is 10.5 Å². The van der Waals surface area contributed by atoms with Gasteiger partial charge in [-0.3, -0.25) is 15.3 Å². The fourth-order valence-electron chi connectivity index (χ4n) is 4.31. The van der Waals surface area contributed by atoms with E-state index >= 15 is 0 Å². The maximum atomic E-state index is 13.5. The van der Waals surface area contributed by atoms with Crippen LogP contribution in [0.2, 0.25) is 0 Å². The molecule has 2 aromatic rings.